The average molecular weight is 298 g/mol. The third-order valence-electron chi connectivity index (χ3n) is 4.41. The van der Waals surface area contributed by atoms with Crippen LogP contribution in [0, 0.1) is 11.3 Å². The Balaban J connectivity index is 2.44. The van der Waals surface area contributed by atoms with Crippen molar-refractivity contribution in [3.05, 3.63) is 0 Å². The van der Waals surface area contributed by atoms with Crippen molar-refractivity contribution < 1.29 is 14.3 Å². The topological polar surface area (TPSA) is 67.4 Å². The highest BCUT2D eigenvalue weighted by atomic mass is 16.5. The van der Waals surface area contributed by atoms with Crippen molar-refractivity contribution in [1.29, 1.82) is 0 Å². The van der Waals surface area contributed by atoms with Crippen LogP contribution in [0.4, 0.5) is 0 Å². The van der Waals surface area contributed by atoms with Gasteiger partial charge in [0.05, 0.1) is 6.10 Å². The monoisotopic (exact) mass is 298 g/mol. The molecule has 0 aromatic carbocycles. The molecule has 1 fully saturated rings. The molecule has 2 amide bonds. The van der Waals surface area contributed by atoms with Gasteiger partial charge in [-0.3, -0.25) is 9.59 Å². The van der Waals surface area contributed by atoms with Crippen molar-refractivity contribution in [2.24, 2.45) is 11.3 Å². The molecule has 5 heteroatoms. The molecule has 1 aliphatic carbocycles. The molecule has 1 aliphatic rings. The highest BCUT2D eigenvalue weighted by Crippen LogP contribution is 2.38. The lowest BCUT2D eigenvalue weighted by Crippen LogP contribution is -2.52. The molecule has 0 spiro atoms. The van der Waals surface area contributed by atoms with Gasteiger partial charge < -0.3 is 15.4 Å². The second kappa shape index (κ2) is 7.78. The van der Waals surface area contributed by atoms with E-state index in [1.54, 1.807) is 7.05 Å². The number of hydrogen-bond donors (Lipinski definition) is 2. The zero-order chi connectivity index (χ0) is 16.0. The molecule has 0 aromatic rings. The lowest BCUT2D eigenvalue weighted by molar-refractivity contribution is -0.132. The minimum Gasteiger partial charge on any atom is -0.376 e. The molecule has 0 heterocycles. The second-order valence-electron chi connectivity index (χ2n) is 6.94. The Morgan fingerprint density at radius 1 is 1.29 bits per heavy atom. The van der Waals surface area contributed by atoms with E-state index in [9.17, 15) is 9.59 Å². The fourth-order valence-corrected chi connectivity index (χ4v) is 2.78. The Kier molecular flexibility index (Phi) is 6.65. The number of hydrogen-bond acceptors (Lipinski definition) is 3. The summed E-state index contributed by atoms with van der Waals surface area (Å²) in [5, 5.41) is 5.22. The highest BCUT2D eigenvalue weighted by Gasteiger charge is 2.29. The van der Waals surface area contributed by atoms with Crippen LogP contribution in [0.15, 0.2) is 0 Å². The van der Waals surface area contributed by atoms with Crippen LogP contribution < -0.4 is 10.6 Å². The molecule has 0 aromatic heterocycles. The van der Waals surface area contributed by atoms with Crippen LogP contribution in [0.5, 0.6) is 0 Å². The van der Waals surface area contributed by atoms with E-state index in [0.717, 1.165) is 0 Å². The highest BCUT2D eigenvalue weighted by molar-refractivity contribution is 5.87. The molecule has 0 saturated heterocycles. The van der Waals surface area contributed by atoms with E-state index in [4.69, 9.17) is 4.74 Å². The number of carbonyl (C=O) groups is 2. The summed E-state index contributed by atoms with van der Waals surface area (Å²) >= 11 is 0. The van der Waals surface area contributed by atoms with E-state index in [-0.39, 0.29) is 17.9 Å². The van der Waals surface area contributed by atoms with Crippen LogP contribution in [0.2, 0.25) is 0 Å². The average Bonchev–Trinajstić information content (AvgIpc) is 2.42. The van der Waals surface area contributed by atoms with Gasteiger partial charge in [0.1, 0.15) is 6.04 Å². The fraction of sp³-hybridized carbons (Fsp3) is 0.875. The lowest BCUT2D eigenvalue weighted by Gasteiger charge is -2.35. The number of ether oxygens (including phenoxy) is 1. The minimum atomic E-state index is -0.632. The molecule has 2 atom stereocenters. The molecular formula is C16H30N2O3. The first kappa shape index (κ1) is 18.0. The standard InChI is InChI=1S/C16H30N2O3/c1-11(14(15(20)17-5)18-12(2)19)21-10-13-6-8-16(3,4)9-7-13/h11,13-14H,6-10H2,1-5H3,(H,17,20)(H,18,19). The van der Waals surface area contributed by atoms with Gasteiger partial charge in [-0.25, -0.2) is 0 Å². The van der Waals surface area contributed by atoms with E-state index in [1.165, 1.54) is 32.6 Å². The third-order valence-corrected chi connectivity index (χ3v) is 4.41. The SMILES string of the molecule is CNC(=O)C(NC(C)=O)C(C)OCC1CCC(C)(C)CC1. The van der Waals surface area contributed by atoms with Crippen molar-refractivity contribution >= 4 is 11.8 Å². The molecule has 5 nitrogen and oxygen atoms in total. The van der Waals surface area contributed by atoms with Crippen molar-refractivity contribution in [3.63, 3.8) is 0 Å². The van der Waals surface area contributed by atoms with Gasteiger partial charge in [0.25, 0.3) is 0 Å². The number of nitrogens with one attached hydrogen (secondary N) is 2. The molecule has 1 rings (SSSR count). The Bertz CT molecular complexity index is 359. The van der Waals surface area contributed by atoms with Crippen LogP contribution in [-0.2, 0) is 14.3 Å². The van der Waals surface area contributed by atoms with E-state index in [2.05, 4.69) is 24.5 Å². The Labute approximate surface area is 128 Å². The maximum Gasteiger partial charge on any atom is 0.245 e. The fourth-order valence-electron chi connectivity index (χ4n) is 2.78. The van der Waals surface area contributed by atoms with Crippen LogP contribution >= 0.6 is 0 Å². The van der Waals surface area contributed by atoms with Gasteiger partial charge >= 0.3 is 0 Å². The zero-order valence-corrected chi connectivity index (χ0v) is 14.0. The minimum absolute atomic E-state index is 0.220. The predicted molar refractivity (Wildman–Crippen MR) is 82.8 cm³/mol. The van der Waals surface area contributed by atoms with Gasteiger partial charge in [-0.2, -0.15) is 0 Å². The summed E-state index contributed by atoms with van der Waals surface area (Å²) in [7, 11) is 1.56. The lowest BCUT2D eigenvalue weighted by atomic mass is 9.73. The number of likely N-dealkylation sites (N-methyl/N-ethyl adjacent to an activating group) is 1. The summed E-state index contributed by atoms with van der Waals surface area (Å²) < 4.78 is 5.86. The maximum absolute atomic E-state index is 11.8. The Morgan fingerprint density at radius 3 is 2.33 bits per heavy atom. The molecule has 2 unspecified atom stereocenters. The van der Waals surface area contributed by atoms with Crippen molar-refractivity contribution in [1.82, 2.24) is 10.6 Å². The Hall–Kier alpha value is -1.10. The smallest absolute Gasteiger partial charge is 0.245 e. The summed E-state index contributed by atoms with van der Waals surface area (Å²) in [6.45, 7) is 8.52. The number of carbonyl (C=O) groups excluding carboxylic acids is 2. The first-order valence-corrected chi connectivity index (χ1v) is 7.85. The number of amides is 2. The first-order chi connectivity index (χ1) is 9.75. The molecule has 2 N–H and O–H groups in total. The van der Waals surface area contributed by atoms with E-state index < -0.39 is 6.04 Å². The van der Waals surface area contributed by atoms with Crippen molar-refractivity contribution in [2.45, 2.75) is 65.5 Å². The quantitative estimate of drug-likeness (QED) is 0.786. The van der Waals surface area contributed by atoms with Gasteiger partial charge in [0, 0.05) is 20.6 Å². The second-order valence-corrected chi connectivity index (χ2v) is 6.94. The molecule has 122 valence electrons. The largest absolute Gasteiger partial charge is 0.376 e. The summed E-state index contributed by atoms with van der Waals surface area (Å²) in [5.74, 6) is 0.115. The van der Waals surface area contributed by atoms with E-state index in [1.807, 2.05) is 6.92 Å². The summed E-state index contributed by atoms with van der Waals surface area (Å²) in [6.07, 6.45) is 4.46. The summed E-state index contributed by atoms with van der Waals surface area (Å²) in [4.78, 5) is 23.0. The predicted octanol–water partition coefficient (Wildman–Crippen LogP) is 1.86. The van der Waals surface area contributed by atoms with Crippen molar-refractivity contribution in [3.8, 4) is 0 Å². The molecule has 0 aliphatic heterocycles. The van der Waals surface area contributed by atoms with Crippen molar-refractivity contribution in [2.75, 3.05) is 13.7 Å². The molecule has 1 saturated carbocycles. The van der Waals surface area contributed by atoms with E-state index in [0.29, 0.717) is 17.9 Å². The van der Waals surface area contributed by atoms with Gasteiger partial charge in [0.2, 0.25) is 11.8 Å². The maximum atomic E-state index is 11.8. The normalized spacial score (nSPS) is 21.4. The van der Waals surface area contributed by atoms with Gasteiger partial charge in [0.15, 0.2) is 0 Å². The van der Waals surface area contributed by atoms with E-state index >= 15 is 0 Å². The third kappa shape index (κ3) is 6.04. The van der Waals surface area contributed by atoms with Crippen LogP contribution in [0.25, 0.3) is 0 Å². The van der Waals surface area contributed by atoms with Gasteiger partial charge in [-0.05, 0) is 43.9 Å². The van der Waals surface area contributed by atoms with Gasteiger partial charge in [-0.15, -0.1) is 0 Å². The molecular weight excluding hydrogens is 268 g/mol. The summed E-state index contributed by atoms with van der Waals surface area (Å²) in [5.41, 5.74) is 0.447. The molecule has 0 radical (unpaired) electrons. The van der Waals surface area contributed by atoms with Gasteiger partial charge in [-0.1, -0.05) is 13.8 Å². The number of rotatable bonds is 6. The van der Waals surface area contributed by atoms with Crippen LogP contribution in [0.3, 0.4) is 0 Å². The van der Waals surface area contributed by atoms with Crippen LogP contribution in [0.1, 0.15) is 53.4 Å². The zero-order valence-electron chi connectivity index (χ0n) is 14.0. The summed E-state index contributed by atoms with van der Waals surface area (Å²) in [6, 6.07) is -0.632. The molecule has 21 heavy (non-hydrogen) atoms. The Morgan fingerprint density at radius 2 is 1.86 bits per heavy atom. The first-order valence-electron chi connectivity index (χ1n) is 7.85. The van der Waals surface area contributed by atoms with Crippen LogP contribution in [-0.4, -0.2) is 37.6 Å². The molecule has 0 bridgehead atoms.